The van der Waals surface area contributed by atoms with Crippen LogP contribution < -0.4 is 0 Å². The number of Topliss-reactive ketones (excluding diaryl/α,β-unsaturated/α-hetero) is 1. The van der Waals surface area contributed by atoms with Crippen molar-refractivity contribution in [3.8, 4) is 0 Å². The molecule has 1 aliphatic heterocycles. The van der Waals surface area contributed by atoms with Crippen molar-refractivity contribution >= 4 is 29.4 Å². The van der Waals surface area contributed by atoms with Gasteiger partial charge in [0.25, 0.3) is 0 Å². The van der Waals surface area contributed by atoms with Gasteiger partial charge in [-0.25, -0.2) is 0 Å². The predicted octanol–water partition coefficient (Wildman–Crippen LogP) is 1.16. The van der Waals surface area contributed by atoms with Crippen molar-refractivity contribution in [2.75, 3.05) is 6.61 Å². The third-order valence-corrected chi connectivity index (χ3v) is 5.25. The van der Waals surface area contributed by atoms with Crippen LogP contribution in [-0.2, 0) is 38.1 Å². The summed E-state index contributed by atoms with van der Waals surface area (Å²) in [5, 5.41) is 21.1. The maximum atomic E-state index is 12.7. The lowest BCUT2D eigenvalue weighted by atomic mass is 9.75. The number of hydrogen-bond donors (Lipinski definition) is 2. The smallest absolute Gasteiger partial charge is 0.303 e. The Hall–Kier alpha value is -2.79. The van der Waals surface area contributed by atoms with E-state index in [0.29, 0.717) is 0 Å². The number of rotatable bonds is 6. The second-order valence-electron chi connectivity index (χ2n) is 8.98. The van der Waals surface area contributed by atoms with Gasteiger partial charge in [-0.2, -0.15) is 0 Å². The molecule has 1 saturated heterocycles. The van der Waals surface area contributed by atoms with E-state index in [1.165, 1.54) is 13.8 Å². The van der Waals surface area contributed by atoms with Gasteiger partial charge in [0, 0.05) is 39.3 Å². The predicted molar refractivity (Wildman–Crippen MR) is 113 cm³/mol. The van der Waals surface area contributed by atoms with E-state index in [9.17, 15) is 29.4 Å². The average molecular weight is 469 g/mol. The first kappa shape index (κ1) is 26.5. The summed E-state index contributed by atoms with van der Waals surface area (Å²) in [6.07, 6.45) is -4.93. The van der Waals surface area contributed by atoms with Gasteiger partial charge in [0.1, 0.15) is 24.5 Å². The maximum Gasteiger partial charge on any atom is 0.303 e. The molecule has 2 N–H and O–H groups in total. The number of nitrogens with zero attached hydrogens (tertiary/aromatic N) is 1. The van der Waals surface area contributed by atoms with E-state index >= 15 is 0 Å². The van der Waals surface area contributed by atoms with E-state index in [4.69, 9.17) is 18.9 Å². The van der Waals surface area contributed by atoms with Crippen molar-refractivity contribution in [2.24, 2.45) is 10.4 Å². The second kappa shape index (κ2) is 10.4. The van der Waals surface area contributed by atoms with Crippen molar-refractivity contribution in [1.29, 1.82) is 0 Å². The lowest BCUT2D eigenvalue weighted by Crippen LogP contribution is -2.61. The minimum absolute atomic E-state index is 0.0224. The summed E-state index contributed by atoms with van der Waals surface area (Å²) in [5.74, 6) is -2.54. The topological polar surface area (TPSA) is 158 Å². The highest BCUT2D eigenvalue weighted by Crippen LogP contribution is 2.36. The Bertz CT molecular complexity index is 874. The van der Waals surface area contributed by atoms with Crippen LogP contribution >= 0.6 is 0 Å². The van der Waals surface area contributed by atoms with Crippen LogP contribution in [0, 0.1) is 5.41 Å². The Labute approximate surface area is 191 Å². The Kier molecular flexibility index (Phi) is 8.36. The summed E-state index contributed by atoms with van der Waals surface area (Å²) in [4.78, 5) is 51.8. The van der Waals surface area contributed by atoms with Crippen molar-refractivity contribution in [3.63, 3.8) is 0 Å². The molecular weight excluding hydrogens is 438 g/mol. The summed E-state index contributed by atoms with van der Waals surface area (Å²) in [5.41, 5.74) is -0.282. The third kappa shape index (κ3) is 6.84. The Morgan fingerprint density at radius 1 is 1.03 bits per heavy atom. The number of aliphatic hydroxyl groups is 2. The molecule has 0 aromatic heterocycles. The molecule has 0 bridgehead atoms. The monoisotopic (exact) mass is 469 g/mol. The minimum atomic E-state index is -1.66. The molecule has 1 unspecified atom stereocenters. The summed E-state index contributed by atoms with van der Waals surface area (Å²) in [6, 6.07) is -1.30. The molecule has 0 aromatic rings. The van der Waals surface area contributed by atoms with Gasteiger partial charge < -0.3 is 29.2 Å². The molecule has 1 fully saturated rings. The molecule has 0 spiro atoms. The summed E-state index contributed by atoms with van der Waals surface area (Å²) < 4.78 is 21.0. The molecule has 33 heavy (non-hydrogen) atoms. The highest BCUT2D eigenvalue weighted by molar-refractivity contribution is 6.22. The number of carbonyl (C=O) groups is 4. The zero-order valence-electron chi connectivity index (χ0n) is 19.6. The number of ketones is 1. The van der Waals surface area contributed by atoms with Crippen LogP contribution in [0.25, 0.3) is 0 Å². The van der Waals surface area contributed by atoms with E-state index in [1.54, 1.807) is 0 Å². The Morgan fingerprint density at radius 3 is 2.12 bits per heavy atom. The fourth-order valence-corrected chi connectivity index (χ4v) is 4.03. The molecule has 1 heterocycles. The van der Waals surface area contributed by atoms with E-state index in [-0.39, 0.29) is 42.3 Å². The van der Waals surface area contributed by atoms with Crippen LogP contribution in [-0.4, -0.2) is 76.9 Å². The van der Waals surface area contributed by atoms with Crippen LogP contribution in [0.5, 0.6) is 0 Å². The SMILES string of the molecule is CC(=O)OC[C@H]1OC(O)[C@H](N=C(C)C2=C(O)CC(C)(C)CC2=O)[C@@H](OC(C)=O)[C@@H]1OC(C)=O. The van der Waals surface area contributed by atoms with Gasteiger partial charge in [-0.05, 0) is 12.3 Å². The van der Waals surface area contributed by atoms with Crippen LogP contribution in [0.4, 0.5) is 0 Å². The molecule has 0 amide bonds. The van der Waals surface area contributed by atoms with Gasteiger partial charge in [0.15, 0.2) is 24.3 Å². The molecule has 2 rings (SSSR count). The first-order chi connectivity index (χ1) is 15.2. The first-order valence-electron chi connectivity index (χ1n) is 10.5. The zero-order chi connectivity index (χ0) is 25.1. The molecule has 5 atom stereocenters. The highest BCUT2D eigenvalue weighted by Gasteiger charge is 2.50. The molecular formula is C22H31NO10. The fourth-order valence-electron chi connectivity index (χ4n) is 4.03. The average Bonchev–Trinajstić information content (AvgIpc) is 2.62. The van der Waals surface area contributed by atoms with Crippen LogP contribution in [0.3, 0.4) is 0 Å². The largest absolute Gasteiger partial charge is 0.511 e. The summed E-state index contributed by atoms with van der Waals surface area (Å²) in [6.45, 7) is 8.24. The van der Waals surface area contributed by atoms with Crippen LogP contribution in [0.15, 0.2) is 16.3 Å². The van der Waals surface area contributed by atoms with Gasteiger partial charge in [-0.3, -0.25) is 24.2 Å². The quantitative estimate of drug-likeness (QED) is 0.328. The maximum absolute atomic E-state index is 12.7. The van der Waals surface area contributed by atoms with E-state index in [1.807, 2.05) is 13.8 Å². The lowest BCUT2D eigenvalue weighted by Gasteiger charge is -2.42. The van der Waals surface area contributed by atoms with E-state index in [0.717, 1.165) is 13.8 Å². The van der Waals surface area contributed by atoms with Crippen LogP contribution in [0.2, 0.25) is 0 Å². The minimum Gasteiger partial charge on any atom is -0.511 e. The molecule has 2 aliphatic rings. The molecule has 11 heteroatoms. The van der Waals surface area contributed by atoms with Gasteiger partial charge >= 0.3 is 17.9 Å². The Balaban J connectivity index is 2.46. The highest BCUT2D eigenvalue weighted by atomic mass is 16.7. The molecule has 11 nitrogen and oxygen atoms in total. The number of esters is 3. The van der Waals surface area contributed by atoms with Gasteiger partial charge in [0.05, 0.1) is 5.57 Å². The van der Waals surface area contributed by atoms with E-state index in [2.05, 4.69) is 4.99 Å². The van der Waals surface area contributed by atoms with Crippen molar-refractivity contribution in [3.05, 3.63) is 11.3 Å². The van der Waals surface area contributed by atoms with Gasteiger partial charge in [0.2, 0.25) is 0 Å². The normalized spacial score (nSPS) is 30.0. The van der Waals surface area contributed by atoms with Gasteiger partial charge in [-0.1, -0.05) is 13.8 Å². The number of aliphatic imine (C=N–C) groups is 1. The van der Waals surface area contributed by atoms with Crippen molar-refractivity contribution < 1.29 is 48.3 Å². The number of aliphatic hydroxyl groups excluding tert-OH is 2. The van der Waals surface area contributed by atoms with Crippen molar-refractivity contribution in [2.45, 2.75) is 85.0 Å². The zero-order valence-corrected chi connectivity index (χ0v) is 19.6. The third-order valence-electron chi connectivity index (χ3n) is 5.25. The lowest BCUT2D eigenvalue weighted by molar-refractivity contribution is -0.260. The molecule has 1 aliphatic carbocycles. The van der Waals surface area contributed by atoms with E-state index < -0.39 is 54.0 Å². The fraction of sp³-hybridized carbons (Fsp3) is 0.682. The number of carbonyl (C=O) groups excluding carboxylic acids is 4. The second-order valence-corrected chi connectivity index (χ2v) is 8.98. The molecule has 0 aromatic carbocycles. The molecule has 0 saturated carbocycles. The molecule has 0 radical (unpaired) electrons. The standard InChI is InChI=1S/C22H31NO10/c1-10(17-14(27)7-22(5,6)8-15(17)28)23-18-20(32-13(4)26)19(31-12(3)25)16(33-21(18)29)9-30-11(2)24/h16,18-21,27,29H,7-9H2,1-6H3/t16-,18-,19-,20-,21?/m1/s1. The van der Waals surface area contributed by atoms with Crippen LogP contribution in [0.1, 0.15) is 54.4 Å². The number of hydrogen-bond acceptors (Lipinski definition) is 11. The van der Waals surface area contributed by atoms with Gasteiger partial charge in [-0.15, -0.1) is 0 Å². The van der Waals surface area contributed by atoms with Crippen molar-refractivity contribution in [1.82, 2.24) is 0 Å². The number of allylic oxidation sites excluding steroid dienone is 2. The summed E-state index contributed by atoms with van der Waals surface area (Å²) >= 11 is 0. The molecule has 184 valence electrons. The summed E-state index contributed by atoms with van der Waals surface area (Å²) in [7, 11) is 0. The first-order valence-corrected chi connectivity index (χ1v) is 10.5. The Morgan fingerprint density at radius 2 is 1.61 bits per heavy atom. The number of ether oxygens (including phenoxy) is 4.